The molecule has 1 aliphatic carbocycles. The average Bonchev–Trinajstić information content (AvgIpc) is 3.55. The molecule has 0 saturated heterocycles. The molecule has 164 valence electrons. The van der Waals surface area contributed by atoms with E-state index in [0.717, 1.165) is 17.5 Å². The van der Waals surface area contributed by atoms with E-state index in [4.69, 9.17) is 10.5 Å². The van der Waals surface area contributed by atoms with Crippen molar-refractivity contribution in [1.29, 1.82) is 0 Å². The fourth-order valence-corrected chi connectivity index (χ4v) is 3.61. The Morgan fingerprint density at radius 1 is 0.906 bits per heavy atom. The molecule has 6 nitrogen and oxygen atoms in total. The number of nitrogens with two attached hydrogens (primary N) is 1. The Morgan fingerprint density at radius 2 is 1.50 bits per heavy atom. The summed E-state index contributed by atoms with van der Waals surface area (Å²) < 4.78 is 5.31. The molecule has 0 heterocycles. The lowest BCUT2D eigenvalue weighted by Gasteiger charge is -2.19. The summed E-state index contributed by atoms with van der Waals surface area (Å²) in [4.78, 5) is 25.4. The minimum Gasteiger partial charge on any atom is -0.445 e. The lowest BCUT2D eigenvalue weighted by molar-refractivity contribution is -0.118. The van der Waals surface area contributed by atoms with Crippen molar-refractivity contribution in [3.63, 3.8) is 0 Å². The normalized spacial score (nSPS) is 17.8. The van der Waals surface area contributed by atoms with Crippen LogP contribution >= 0.6 is 0 Å². The first kappa shape index (κ1) is 21.6. The van der Waals surface area contributed by atoms with Gasteiger partial charge in [0.05, 0.1) is 0 Å². The van der Waals surface area contributed by atoms with Gasteiger partial charge in [-0.25, -0.2) is 4.79 Å². The van der Waals surface area contributed by atoms with Gasteiger partial charge in [-0.05, 0) is 35.2 Å². The number of hydrogen-bond acceptors (Lipinski definition) is 4. The van der Waals surface area contributed by atoms with Gasteiger partial charge >= 0.3 is 6.09 Å². The third-order valence-electron chi connectivity index (χ3n) is 5.55. The van der Waals surface area contributed by atoms with Gasteiger partial charge in [0.25, 0.3) is 0 Å². The predicted octanol–water partition coefficient (Wildman–Crippen LogP) is 3.98. The van der Waals surface area contributed by atoms with Crippen molar-refractivity contribution in [3.05, 3.63) is 102 Å². The average molecular weight is 430 g/mol. The maximum Gasteiger partial charge on any atom is 0.408 e. The summed E-state index contributed by atoms with van der Waals surface area (Å²) >= 11 is 0. The molecule has 32 heavy (non-hydrogen) atoms. The van der Waals surface area contributed by atoms with Gasteiger partial charge in [0.2, 0.25) is 5.91 Å². The summed E-state index contributed by atoms with van der Waals surface area (Å²) in [5, 5.41) is 5.61. The number of alkyl carbamates (subject to hydrolysis) is 1. The molecule has 0 radical (unpaired) electrons. The molecule has 4 N–H and O–H groups in total. The molecule has 1 aliphatic rings. The molecule has 2 amide bonds. The largest absolute Gasteiger partial charge is 0.445 e. The van der Waals surface area contributed by atoms with Gasteiger partial charge in [0.1, 0.15) is 12.6 Å². The second kappa shape index (κ2) is 10.1. The lowest BCUT2D eigenvalue weighted by Crippen LogP contribution is -2.45. The fourth-order valence-electron chi connectivity index (χ4n) is 3.61. The van der Waals surface area contributed by atoms with Crippen molar-refractivity contribution >= 4 is 17.7 Å². The lowest BCUT2D eigenvalue weighted by atomic mass is 10.1. The molecule has 0 unspecified atom stereocenters. The summed E-state index contributed by atoms with van der Waals surface area (Å²) in [5.41, 5.74) is 9.58. The molecule has 4 rings (SSSR count). The summed E-state index contributed by atoms with van der Waals surface area (Å²) in [6.45, 7) is 0.136. The molecule has 3 aromatic rings. The maximum absolute atomic E-state index is 13.0. The van der Waals surface area contributed by atoms with E-state index in [0.29, 0.717) is 18.0 Å². The van der Waals surface area contributed by atoms with Crippen molar-refractivity contribution in [2.45, 2.75) is 37.5 Å². The number of carbonyl (C=O) groups is 2. The van der Waals surface area contributed by atoms with Gasteiger partial charge in [-0.3, -0.25) is 4.79 Å². The van der Waals surface area contributed by atoms with Crippen LogP contribution in [0.25, 0.3) is 0 Å². The van der Waals surface area contributed by atoms with E-state index in [1.165, 1.54) is 5.56 Å². The first-order valence-corrected chi connectivity index (χ1v) is 10.8. The van der Waals surface area contributed by atoms with Gasteiger partial charge in [-0.1, -0.05) is 72.8 Å². The van der Waals surface area contributed by atoms with E-state index in [2.05, 4.69) is 10.6 Å². The zero-order chi connectivity index (χ0) is 22.3. The van der Waals surface area contributed by atoms with Crippen LogP contribution in [0, 0.1) is 0 Å². The van der Waals surface area contributed by atoms with E-state index in [-0.39, 0.29) is 18.6 Å². The number of benzene rings is 3. The van der Waals surface area contributed by atoms with Crippen molar-refractivity contribution in [3.8, 4) is 0 Å². The fraction of sp³-hybridized carbons (Fsp3) is 0.231. The SMILES string of the molecule is N[C@@H]1C[C@H]1c1ccc(NC(=O)[C@H](Cc2ccccc2)NC(=O)OCc2ccccc2)cc1. The number of nitrogens with one attached hydrogen (secondary N) is 2. The summed E-state index contributed by atoms with van der Waals surface area (Å²) in [6, 6.07) is 26.1. The Kier molecular flexibility index (Phi) is 6.82. The van der Waals surface area contributed by atoms with Crippen molar-refractivity contribution in [2.75, 3.05) is 5.32 Å². The monoisotopic (exact) mass is 429 g/mol. The third-order valence-corrected chi connectivity index (χ3v) is 5.55. The quantitative estimate of drug-likeness (QED) is 0.505. The molecule has 3 aromatic carbocycles. The summed E-state index contributed by atoms with van der Waals surface area (Å²) in [6.07, 6.45) is 0.713. The zero-order valence-corrected chi connectivity index (χ0v) is 17.7. The Balaban J connectivity index is 1.39. The third kappa shape index (κ3) is 5.95. The molecular formula is C26H27N3O3. The van der Waals surface area contributed by atoms with Crippen LogP contribution in [0.1, 0.15) is 29.0 Å². The van der Waals surface area contributed by atoms with Crippen LogP contribution in [0.5, 0.6) is 0 Å². The Labute approximate surface area is 187 Å². The van der Waals surface area contributed by atoms with Gasteiger partial charge in [-0.2, -0.15) is 0 Å². The standard InChI is InChI=1S/C26H27N3O3/c27-23-16-22(23)20-11-13-21(14-12-20)28-25(30)24(15-18-7-3-1-4-8-18)29-26(31)32-17-19-9-5-2-6-10-19/h1-14,22-24H,15-17,27H2,(H,28,30)(H,29,31)/t22-,23+,24-/m0/s1. The highest BCUT2D eigenvalue weighted by Crippen LogP contribution is 2.39. The van der Waals surface area contributed by atoms with Crippen LogP contribution in [-0.4, -0.2) is 24.1 Å². The number of hydrogen-bond donors (Lipinski definition) is 3. The Morgan fingerprint density at radius 3 is 2.09 bits per heavy atom. The number of amides is 2. The molecule has 0 aliphatic heterocycles. The molecule has 0 bridgehead atoms. The second-order valence-corrected chi connectivity index (χ2v) is 8.07. The first-order chi connectivity index (χ1) is 15.6. The number of anilines is 1. The Bertz CT molecular complexity index is 1040. The number of carbonyl (C=O) groups excluding carboxylic acids is 2. The summed E-state index contributed by atoms with van der Waals surface area (Å²) in [5.74, 6) is 0.105. The highest BCUT2D eigenvalue weighted by Gasteiger charge is 2.34. The molecule has 0 spiro atoms. The van der Waals surface area contributed by atoms with E-state index in [1.807, 2.05) is 84.9 Å². The molecule has 6 heteroatoms. The van der Waals surface area contributed by atoms with Gasteiger partial charge < -0.3 is 21.1 Å². The van der Waals surface area contributed by atoms with Crippen LogP contribution in [0.4, 0.5) is 10.5 Å². The molecule has 1 saturated carbocycles. The maximum atomic E-state index is 13.0. The van der Waals surface area contributed by atoms with E-state index in [1.54, 1.807) is 0 Å². The van der Waals surface area contributed by atoms with Crippen LogP contribution < -0.4 is 16.4 Å². The smallest absolute Gasteiger partial charge is 0.408 e. The molecule has 3 atom stereocenters. The number of ether oxygens (including phenoxy) is 1. The highest BCUT2D eigenvalue weighted by molar-refractivity contribution is 5.96. The van der Waals surface area contributed by atoms with Crippen LogP contribution in [-0.2, 0) is 22.6 Å². The minimum absolute atomic E-state index is 0.136. The van der Waals surface area contributed by atoms with E-state index >= 15 is 0 Å². The summed E-state index contributed by atoms with van der Waals surface area (Å²) in [7, 11) is 0. The van der Waals surface area contributed by atoms with E-state index < -0.39 is 12.1 Å². The molecule has 0 aromatic heterocycles. The van der Waals surface area contributed by atoms with Gasteiger partial charge in [0.15, 0.2) is 0 Å². The second-order valence-electron chi connectivity index (χ2n) is 8.07. The van der Waals surface area contributed by atoms with Crippen molar-refractivity contribution in [2.24, 2.45) is 5.73 Å². The van der Waals surface area contributed by atoms with Crippen LogP contribution in [0.2, 0.25) is 0 Å². The van der Waals surface area contributed by atoms with Gasteiger partial charge in [-0.15, -0.1) is 0 Å². The van der Waals surface area contributed by atoms with Crippen LogP contribution in [0.15, 0.2) is 84.9 Å². The van der Waals surface area contributed by atoms with E-state index in [9.17, 15) is 9.59 Å². The topological polar surface area (TPSA) is 93.5 Å². The highest BCUT2D eigenvalue weighted by atomic mass is 16.5. The number of rotatable bonds is 8. The van der Waals surface area contributed by atoms with Gasteiger partial charge in [0, 0.05) is 24.1 Å². The first-order valence-electron chi connectivity index (χ1n) is 10.8. The zero-order valence-electron chi connectivity index (χ0n) is 17.7. The molecular weight excluding hydrogens is 402 g/mol. The predicted molar refractivity (Wildman–Crippen MR) is 124 cm³/mol. The Hall–Kier alpha value is -3.64. The van der Waals surface area contributed by atoms with Crippen molar-refractivity contribution < 1.29 is 14.3 Å². The molecule has 1 fully saturated rings. The van der Waals surface area contributed by atoms with Crippen molar-refractivity contribution in [1.82, 2.24) is 5.32 Å². The minimum atomic E-state index is -0.780. The van der Waals surface area contributed by atoms with Crippen LogP contribution in [0.3, 0.4) is 0 Å².